The van der Waals surface area contributed by atoms with Gasteiger partial charge in [-0.05, 0) is 42.0 Å². The van der Waals surface area contributed by atoms with Crippen molar-refractivity contribution in [1.29, 1.82) is 0 Å². The van der Waals surface area contributed by atoms with Crippen molar-refractivity contribution in [3.05, 3.63) is 65.5 Å². The smallest absolute Gasteiger partial charge is 0.227 e. The lowest BCUT2D eigenvalue weighted by molar-refractivity contribution is -0.132. The van der Waals surface area contributed by atoms with E-state index >= 15 is 0 Å². The first kappa shape index (κ1) is 16.3. The highest BCUT2D eigenvalue weighted by Gasteiger charge is 2.28. The predicted molar refractivity (Wildman–Crippen MR) is 98.3 cm³/mol. The molecule has 0 radical (unpaired) electrons. The molecule has 1 saturated heterocycles. The van der Waals surface area contributed by atoms with Gasteiger partial charge in [0, 0.05) is 44.6 Å². The van der Waals surface area contributed by atoms with Crippen molar-refractivity contribution in [3.63, 3.8) is 0 Å². The predicted octanol–water partition coefficient (Wildman–Crippen LogP) is 2.33. The summed E-state index contributed by atoms with van der Waals surface area (Å²) in [6.07, 6.45) is 7.56. The Morgan fingerprint density at radius 2 is 1.84 bits per heavy atom. The largest absolute Gasteiger partial charge is 0.340 e. The van der Waals surface area contributed by atoms with E-state index in [1.54, 1.807) is 12.4 Å². The summed E-state index contributed by atoms with van der Waals surface area (Å²) in [6, 6.07) is 13.3. The molecule has 2 aromatic rings. The standard InChI is InChI=1S/C21H25N3O/c25-21(14-17-4-3-9-22-16-17)24-12-10-23(11-13-24)20-8-7-18-5-1-2-6-19(18)15-20/h1-6,9,16,20H,7-8,10-15H2. The molecular weight excluding hydrogens is 310 g/mol. The Hall–Kier alpha value is -2.20. The van der Waals surface area contributed by atoms with Crippen LogP contribution in [0.4, 0.5) is 0 Å². The van der Waals surface area contributed by atoms with Gasteiger partial charge in [-0.25, -0.2) is 0 Å². The van der Waals surface area contributed by atoms with Crippen LogP contribution in [0.25, 0.3) is 0 Å². The van der Waals surface area contributed by atoms with E-state index in [1.165, 1.54) is 24.0 Å². The lowest BCUT2D eigenvalue weighted by Gasteiger charge is -2.41. The van der Waals surface area contributed by atoms with Crippen molar-refractivity contribution in [1.82, 2.24) is 14.8 Å². The second-order valence-corrected chi connectivity index (χ2v) is 7.12. The van der Waals surface area contributed by atoms with Gasteiger partial charge in [0.1, 0.15) is 0 Å². The van der Waals surface area contributed by atoms with Crippen LogP contribution in [0.2, 0.25) is 0 Å². The van der Waals surface area contributed by atoms with Gasteiger partial charge in [-0.1, -0.05) is 30.3 Å². The number of benzene rings is 1. The van der Waals surface area contributed by atoms with Gasteiger partial charge in [-0.3, -0.25) is 14.7 Å². The average Bonchev–Trinajstić information content (AvgIpc) is 2.68. The summed E-state index contributed by atoms with van der Waals surface area (Å²) in [6.45, 7) is 3.67. The van der Waals surface area contributed by atoms with Crippen LogP contribution in [-0.4, -0.2) is 52.9 Å². The summed E-state index contributed by atoms with van der Waals surface area (Å²) in [5.74, 6) is 0.224. The van der Waals surface area contributed by atoms with Crippen LogP contribution in [0, 0.1) is 0 Å². The highest BCUT2D eigenvalue weighted by molar-refractivity contribution is 5.78. The van der Waals surface area contributed by atoms with Crippen LogP contribution < -0.4 is 0 Å². The molecule has 4 rings (SSSR count). The molecule has 130 valence electrons. The summed E-state index contributed by atoms with van der Waals surface area (Å²) < 4.78 is 0. The minimum absolute atomic E-state index is 0.224. The van der Waals surface area contributed by atoms with Crippen molar-refractivity contribution in [2.75, 3.05) is 26.2 Å². The average molecular weight is 335 g/mol. The number of hydrogen-bond donors (Lipinski definition) is 0. The monoisotopic (exact) mass is 335 g/mol. The number of amides is 1. The number of aryl methyl sites for hydroxylation is 1. The van der Waals surface area contributed by atoms with Crippen LogP contribution in [0.5, 0.6) is 0 Å². The van der Waals surface area contributed by atoms with E-state index in [2.05, 4.69) is 34.1 Å². The van der Waals surface area contributed by atoms with E-state index in [0.29, 0.717) is 12.5 Å². The normalized spacial score (nSPS) is 21.0. The highest BCUT2D eigenvalue weighted by atomic mass is 16.2. The Bertz CT molecular complexity index is 723. The lowest BCUT2D eigenvalue weighted by atomic mass is 9.87. The minimum atomic E-state index is 0.224. The molecule has 0 bridgehead atoms. The van der Waals surface area contributed by atoms with E-state index in [-0.39, 0.29) is 5.91 Å². The first-order valence-corrected chi connectivity index (χ1v) is 9.27. The maximum atomic E-state index is 12.5. The second-order valence-electron chi connectivity index (χ2n) is 7.12. The Labute approximate surface area is 149 Å². The molecule has 1 aliphatic heterocycles. The SMILES string of the molecule is O=C(Cc1cccnc1)N1CCN(C2CCc3ccccc3C2)CC1. The first-order valence-electron chi connectivity index (χ1n) is 9.27. The summed E-state index contributed by atoms with van der Waals surface area (Å²) in [5.41, 5.74) is 4.02. The van der Waals surface area contributed by atoms with Crippen molar-refractivity contribution in [2.45, 2.75) is 31.7 Å². The number of rotatable bonds is 3. The van der Waals surface area contributed by atoms with E-state index in [4.69, 9.17) is 0 Å². The summed E-state index contributed by atoms with van der Waals surface area (Å²) >= 11 is 0. The summed E-state index contributed by atoms with van der Waals surface area (Å²) in [7, 11) is 0. The quantitative estimate of drug-likeness (QED) is 0.864. The molecule has 1 aliphatic carbocycles. The zero-order valence-electron chi connectivity index (χ0n) is 14.6. The molecule has 0 spiro atoms. The number of carbonyl (C=O) groups is 1. The van der Waals surface area contributed by atoms with E-state index < -0.39 is 0 Å². The van der Waals surface area contributed by atoms with E-state index in [1.807, 2.05) is 17.0 Å². The molecule has 0 saturated carbocycles. The zero-order chi connectivity index (χ0) is 17.1. The number of fused-ring (bicyclic) bond motifs is 1. The highest BCUT2D eigenvalue weighted by Crippen LogP contribution is 2.25. The van der Waals surface area contributed by atoms with Gasteiger partial charge >= 0.3 is 0 Å². The van der Waals surface area contributed by atoms with Crippen molar-refractivity contribution >= 4 is 5.91 Å². The summed E-state index contributed by atoms with van der Waals surface area (Å²) in [4.78, 5) is 21.2. The first-order chi connectivity index (χ1) is 12.3. The Kier molecular flexibility index (Phi) is 4.79. The molecule has 1 aromatic heterocycles. The van der Waals surface area contributed by atoms with Gasteiger partial charge in [-0.2, -0.15) is 0 Å². The van der Waals surface area contributed by atoms with Gasteiger partial charge in [0.05, 0.1) is 6.42 Å². The Morgan fingerprint density at radius 3 is 2.60 bits per heavy atom. The fraction of sp³-hybridized carbons (Fsp3) is 0.429. The van der Waals surface area contributed by atoms with Crippen LogP contribution >= 0.6 is 0 Å². The molecule has 1 unspecified atom stereocenters. The molecule has 1 amide bonds. The molecule has 2 heterocycles. The maximum Gasteiger partial charge on any atom is 0.227 e. The number of piperazine rings is 1. The fourth-order valence-corrected chi connectivity index (χ4v) is 4.12. The molecule has 1 fully saturated rings. The van der Waals surface area contributed by atoms with Crippen LogP contribution in [-0.2, 0) is 24.1 Å². The number of carbonyl (C=O) groups excluding carboxylic acids is 1. The van der Waals surface area contributed by atoms with Crippen molar-refractivity contribution in [2.24, 2.45) is 0 Å². The third-order valence-corrected chi connectivity index (χ3v) is 5.58. The molecular formula is C21H25N3O. The Morgan fingerprint density at radius 1 is 1.04 bits per heavy atom. The van der Waals surface area contributed by atoms with Gasteiger partial charge in [-0.15, -0.1) is 0 Å². The number of hydrogen-bond acceptors (Lipinski definition) is 3. The van der Waals surface area contributed by atoms with Crippen LogP contribution in [0.1, 0.15) is 23.1 Å². The summed E-state index contributed by atoms with van der Waals surface area (Å²) in [5, 5.41) is 0. The van der Waals surface area contributed by atoms with E-state index in [0.717, 1.165) is 38.2 Å². The zero-order valence-corrected chi connectivity index (χ0v) is 14.6. The lowest BCUT2D eigenvalue weighted by Crippen LogP contribution is -2.53. The van der Waals surface area contributed by atoms with Gasteiger partial charge in [0.15, 0.2) is 0 Å². The molecule has 4 nitrogen and oxygen atoms in total. The maximum absolute atomic E-state index is 12.5. The third-order valence-electron chi connectivity index (χ3n) is 5.58. The molecule has 1 atom stereocenters. The topological polar surface area (TPSA) is 36.4 Å². The molecule has 1 aromatic carbocycles. The molecule has 0 N–H and O–H groups in total. The molecule has 2 aliphatic rings. The van der Waals surface area contributed by atoms with Crippen molar-refractivity contribution < 1.29 is 4.79 Å². The van der Waals surface area contributed by atoms with Gasteiger partial charge in [0.2, 0.25) is 5.91 Å². The van der Waals surface area contributed by atoms with Gasteiger partial charge < -0.3 is 4.90 Å². The van der Waals surface area contributed by atoms with Crippen LogP contribution in [0.15, 0.2) is 48.8 Å². The fourth-order valence-electron chi connectivity index (χ4n) is 4.12. The van der Waals surface area contributed by atoms with E-state index in [9.17, 15) is 4.79 Å². The van der Waals surface area contributed by atoms with Crippen molar-refractivity contribution in [3.8, 4) is 0 Å². The minimum Gasteiger partial charge on any atom is -0.340 e. The number of pyridine rings is 1. The molecule has 4 heteroatoms. The van der Waals surface area contributed by atoms with Crippen LogP contribution in [0.3, 0.4) is 0 Å². The molecule has 25 heavy (non-hydrogen) atoms. The number of aromatic nitrogens is 1. The second kappa shape index (κ2) is 7.36. The number of nitrogens with zero attached hydrogens (tertiary/aromatic N) is 3. The Balaban J connectivity index is 1.31. The third kappa shape index (κ3) is 3.74. The van der Waals surface area contributed by atoms with Gasteiger partial charge in [0.25, 0.3) is 0 Å².